The number of benzene rings is 2. The average molecular weight is 343 g/mol. The van der Waals surface area contributed by atoms with Gasteiger partial charge in [0.15, 0.2) is 4.51 Å². The van der Waals surface area contributed by atoms with E-state index in [4.69, 9.17) is 9.47 Å². The van der Waals surface area contributed by atoms with Crippen LogP contribution in [0.4, 0.5) is 0 Å². The Kier molecular flexibility index (Phi) is 4.11. The van der Waals surface area contributed by atoms with Crippen LogP contribution in [0.3, 0.4) is 0 Å². The van der Waals surface area contributed by atoms with E-state index in [1.807, 2.05) is 78.9 Å². The van der Waals surface area contributed by atoms with Crippen LogP contribution in [0.1, 0.15) is 6.42 Å². The third kappa shape index (κ3) is 3.76. The van der Waals surface area contributed by atoms with Gasteiger partial charge in [0.05, 0.1) is 6.42 Å². The molecule has 0 saturated heterocycles. The van der Waals surface area contributed by atoms with Crippen molar-refractivity contribution in [2.24, 2.45) is 0 Å². The van der Waals surface area contributed by atoms with Crippen LogP contribution in [0.5, 0.6) is 11.5 Å². The summed E-state index contributed by atoms with van der Waals surface area (Å²) in [5.74, 6) is 2.50. The minimum absolute atomic E-state index is 0.576. The molecule has 0 aromatic heterocycles. The molecule has 2 aromatic carbocycles. The zero-order valence-electron chi connectivity index (χ0n) is 11.4. The van der Waals surface area contributed by atoms with Gasteiger partial charge in [-0.2, -0.15) is 0 Å². The molecular formula is C18H15BrO2. The van der Waals surface area contributed by atoms with Crippen molar-refractivity contribution in [1.82, 2.24) is 0 Å². The largest absolute Gasteiger partial charge is 0.472 e. The van der Waals surface area contributed by atoms with Crippen molar-refractivity contribution in [2.75, 3.05) is 0 Å². The number of allylic oxidation sites excluding steroid dienone is 2. The fourth-order valence-electron chi connectivity index (χ4n) is 2.12. The molecule has 3 rings (SSSR count). The molecule has 0 aliphatic heterocycles. The summed E-state index contributed by atoms with van der Waals surface area (Å²) in [5, 5.41) is 0. The lowest BCUT2D eigenvalue weighted by atomic mass is 10.1. The van der Waals surface area contributed by atoms with E-state index in [9.17, 15) is 0 Å². The molecule has 0 radical (unpaired) electrons. The first kappa shape index (κ1) is 14.0. The predicted molar refractivity (Wildman–Crippen MR) is 87.6 cm³/mol. The van der Waals surface area contributed by atoms with E-state index in [0.717, 1.165) is 17.3 Å². The van der Waals surface area contributed by atoms with Crippen molar-refractivity contribution in [2.45, 2.75) is 10.9 Å². The average Bonchev–Trinajstić information content (AvgIpc) is 2.49. The van der Waals surface area contributed by atoms with Crippen LogP contribution in [0, 0.1) is 0 Å². The highest BCUT2D eigenvalue weighted by atomic mass is 79.9. The SMILES string of the molecule is BrC1(Oc2ccccc2)C=CC=C(Oc2ccccc2)C1. The number of alkyl halides is 1. The lowest BCUT2D eigenvalue weighted by molar-refractivity contribution is 0.202. The minimum atomic E-state index is -0.576. The zero-order chi connectivity index (χ0) is 14.5. The third-order valence-corrected chi connectivity index (χ3v) is 3.77. The summed E-state index contributed by atoms with van der Waals surface area (Å²) >= 11 is 3.66. The Morgan fingerprint density at radius 2 is 1.48 bits per heavy atom. The van der Waals surface area contributed by atoms with Crippen LogP contribution >= 0.6 is 15.9 Å². The van der Waals surface area contributed by atoms with E-state index >= 15 is 0 Å². The third-order valence-electron chi connectivity index (χ3n) is 3.07. The molecule has 1 atom stereocenters. The minimum Gasteiger partial charge on any atom is -0.472 e. The summed E-state index contributed by atoms with van der Waals surface area (Å²) in [6.45, 7) is 0. The summed E-state index contributed by atoms with van der Waals surface area (Å²) in [5.41, 5.74) is 0. The van der Waals surface area contributed by atoms with E-state index in [-0.39, 0.29) is 0 Å². The molecule has 0 fully saturated rings. The van der Waals surface area contributed by atoms with Gasteiger partial charge in [-0.05, 0) is 52.3 Å². The van der Waals surface area contributed by atoms with E-state index in [1.165, 1.54) is 0 Å². The van der Waals surface area contributed by atoms with Crippen LogP contribution in [0.25, 0.3) is 0 Å². The van der Waals surface area contributed by atoms with Gasteiger partial charge in [-0.1, -0.05) is 42.5 Å². The van der Waals surface area contributed by atoms with Crippen LogP contribution in [0.2, 0.25) is 0 Å². The molecule has 2 aromatic rings. The lowest BCUT2D eigenvalue weighted by Crippen LogP contribution is -2.29. The van der Waals surface area contributed by atoms with Gasteiger partial charge >= 0.3 is 0 Å². The number of para-hydroxylation sites is 2. The Balaban J connectivity index is 1.70. The summed E-state index contributed by atoms with van der Waals surface area (Å²) in [6, 6.07) is 19.5. The Labute approximate surface area is 132 Å². The van der Waals surface area contributed by atoms with Crippen molar-refractivity contribution in [3.8, 4) is 11.5 Å². The molecule has 0 amide bonds. The van der Waals surface area contributed by atoms with Gasteiger partial charge in [-0.3, -0.25) is 0 Å². The molecule has 2 nitrogen and oxygen atoms in total. The number of halogens is 1. The van der Waals surface area contributed by atoms with Gasteiger partial charge < -0.3 is 9.47 Å². The second-order valence-electron chi connectivity index (χ2n) is 4.79. The summed E-state index contributed by atoms with van der Waals surface area (Å²) < 4.78 is 11.3. The van der Waals surface area contributed by atoms with E-state index in [0.29, 0.717) is 6.42 Å². The van der Waals surface area contributed by atoms with Gasteiger partial charge in [0.1, 0.15) is 17.3 Å². The Morgan fingerprint density at radius 1 is 0.857 bits per heavy atom. The van der Waals surface area contributed by atoms with Crippen molar-refractivity contribution >= 4 is 15.9 Å². The Morgan fingerprint density at radius 3 is 2.14 bits per heavy atom. The van der Waals surface area contributed by atoms with Gasteiger partial charge in [0.2, 0.25) is 0 Å². The second-order valence-corrected chi connectivity index (χ2v) is 6.13. The van der Waals surface area contributed by atoms with Crippen molar-refractivity contribution in [1.29, 1.82) is 0 Å². The van der Waals surface area contributed by atoms with E-state index in [1.54, 1.807) is 0 Å². The molecule has 0 saturated carbocycles. The van der Waals surface area contributed by atoms with Gasteiger partial charge in [0.25, 0.3) is 0 Å². The molecule has 0 heterocycles. The number of rotatable bonds is 4. The second kappa shape index (κ2) is 6.19. The normalized spacial score (nSPS) is 20.7. The fourth-order valence-corrected chi connectivity index (χ4v) is 2.73. The maximum Gasteiger partial charge on any atom is 0.188 e. The smallest absolute Gasteiger partial charge is 0.188 e. The summed E-state index contributed by atoms with van der Waals surface area (Å²) in [6.07, 6.45) is 6.51. The molecule has 1 unspecified atom stereocenters. The van der Waals surface area contributed by atoms with Gasteiger partial charge in [-0.15, -0.1) is 0 Å². The van der Waals surface area contributed by atoms with Gasteiger partial charge in [-0.25, -0.2) is 0 Å². The van der Waals surface area contributed by atoms with Crippen molar-refractivity contribution in [3.63, 3.8) is 0 Å². The monoisotopic (exact) mass is 342 g/mol. The standard InChI is InChI=1S/C18H15BrO2/c19-18(21-16-10-5-2-6-11-16)13-7-12-17(14-18)20-15-8-3-1-4-9-15/h1-13H,14H2. The number of hydrogen-bond donors (Lipinski definition) is 0. The maximum atomic E-state index is 6.02. The molecule has 1 aliphatic rings. The Bertz CT molecular complexity index is 649. The molecular weight excluding hydrogens is 328 g/mol. The molecule has 3 heteroatoms. The predicted octanol–water partition coefficient (Wildman–Crippen LogP) is 5.08. The summed E-state index contributed by atoms with van der Waals surface area (Å²) in [7, 11) is 0. The number of ether oxygens (including phenoxy) is 2. The summed E-state index contributed by atoms with van der Waals surface area (Å²) in [4.78, 5) is 0. The van der Waals surface area contributed by atoms with E-state index < -0.39 is 4.51 Å². The Hall–Kier alpha value is -2.00. The first-order chi connectivity index (χ1) is 10.2. The van der Waals surface area contributed by atoms with Crippen LogP contribution in [-0.4, -0.2) is 4.51 Å². The number of hydrogen-bond acceptors (Lipinski definition) is 2. The fraction of sp³-hybridized carbons (Fsp3) is 0.111. The topological polar surface area (TPSA) is 18.5 Å². The molecule has 0 bridgehead atoms. The molecule has 106 valence electrons. The van der Waals surface area contributed by atoms with E-state index in [2.05, 4.69) is 15.9 Å². The molecule has 0 spiro atoms. The van der Waals surface area contributed by atoms with Crippen molar-refractivity contribution < 1.29 is 9.47 Å². The van der Waals surface area contributed by atoms with Crippen LogP contribution < -0.4 is 9.47 Å². The van der Waals surface area contributed by atoms with Gasteiger partial charge in [0, 0.05) is 0 Å². The first-order valence-corrected chi connectivity index (χ1v) is 7.57. The van der Waals surface area contributed by atoms with Crippen molar-refractivity contribution in [3.05, 3.63) is 84.7 Å². The quantitative estimate of drug-likeness (QED) is 0.721. The van der Waals surface area contributed by atoms with Crippen LogP contribution in [-0.2, 0) is 0 Å². The lowest BCUT2D eigenvalue weighted by Gasteiger charge is -2.28. The molecule has 0 N–H and O–H groups in total. The highest BCUT2D eigenvalue weighted by molar-refractivity contribution is 9.10. The highest BCUT2D eigenvalue weighted by Gasteiger charge is 2.30. The zero-order valence-corrected chi connectivity index (χ0v) is 13.0. The first-order valence-electron chi connectivity index (χ1n) is 6.78. The van der Waals surface area contributed by atoms with Crippen LogP contribution in [0.15, 0.2) is 84.7 Å². The molecule has 1 aliphatic carbocycles. The highest BCUT2D eigenvalue weighted by Crippen LogP contribution is 2.35. The maximum absolute atomic E-state index is 6.02. The molecule has 21 heavy (non-hydrogen) atoms.